The van der Waals surface area contributed by atoms with Gasteiger partial charge in [-0.15, -0.1) is 0 Å². The van der Waals surface area contributed by atoms with Crippen molar-refractivity contribution in [1.29, 1.82) is 0 Å². The quantitative estimate of drug-likeness (QED) is 0.0374. The molecular weight excluding hydrogens is 1010 g/mol. The van der Waals surface area contributed by atoms with E-state index >= 15 is 0 Å². The third-order valence-corrected chi connectivity index (χ3v) is 15.2. The second-order valence-electron chi connectivity index (χ2n) is 20.5. The molecule has 0 bridgehead atoms. The van der Waals surface area contributed by atoms with Gasteiger partial charge >= 0.3 is 6.03 Å². The maximum Gasteiger partial charge on any atom is 0.315 e. The van der Waals surface area contributed by atoms with Crippen LogP contribution in [0, 0.1) is 0 Å². The highest BCUT2D eigenvalue weighted by Crippen LogP contribution is 2.37. The molecule has 6 aromatic rings. The molecule has 78 heavy (non-hydrogen) atoms. The van der Waals surface area contributed by atoms with Gasteiger partial charge in [-0.3, -0.25) is 9.59 Å². The first-order chi connectivity index (χ1) is 37.8. The molecule has 10 rings (SSSR count). The molecule has 4 aromatic heterocycles. The van der Waals surface area contributed by atoms with Crippen LogP contribution in [0.25, 0.3) is 22.3 Å². The summed E-state index contributed by atoms with van der Waals surface area (Å²) in [4.78, 5) is 70.7. The van der Waals surface area contributed by atoms with E-state index in [0.717, 1.165) is 11.1 Å². The van der Waals surface area contributed by atoms with Gasteiger partial charge in [0.2, 0.25) is 23.7 Å². The molecule has 2 saturated heterocycles. The van der Waals surface area contributed by atoms with Gasteiger partial charge in [0, 0.05) is 38.3 Å². The summed E-state index contributed by atoms with van der Waals surface area (Å²) in [6.07, 6.45) is -0.123. The summed E-state index contributed by atoms with van der Waals surface area (Å²) in [5, 5.41) is 102. The highest BCUT2D eigenvalue weighted by molar-refractivity contribution is 5.86. The highest BCUT2D eigenvalue weighted by Gasteiger charge is 2.45. The van der Waals surface area contributed by atoms with Gasteiger partial charge in [-0.25, -0.2) is 14.8 Å². The number of carbonyl (C=O) groups excluding carboxylic acids is 3. The number of carbonyl (C=O) groups is 3. The zero-order valence-corrected chi connectivity index (χ0v) is 42.5. The number of aliphatic hydroxyl groups excluding tert-OH is 8. The lowest BCUT2D eigenvalue weighted by atomic mass is 10.1. The predicted molar refractivity (Wildman–Crippen MR) is 282 cm³/mol. The van der Waals surface area contributed by atoms with Gasteiger partial charge in [0.05, 0.1) is 62.1 Å². The van der Waals surface area contributed by atoms with E-state index in [-0.39, 0.29) is 38.1 Å². The fourth-order valence-electron chi connectivity index (χ4n) is 11.2. The number of hydrogen-bond acceptors (Lipinski definition) is 21. The maximum absolute atomic E-state index is 13.8. The van der Waals surface area contributed by atoms with Crippen molar-refractivity contribution in [3.8, 4) is 0 Å². The number of fused-ring (bicyclic) bond motifs is 2. The van der Waals surface area contributed by atoms with E-state index in [1.807, 2.05) is 70.5 Å². The minimum absolute atomic E-state index is 0.110. The Morgan fingerprint density at radius 2 is 0.962 bits per heavy atom. The minimum atomic E-state index is -1.34. The molecule has 27 nitrogen and oxygen atoms in total. The van der Waals surface area contributed by atoms with Crippen LogP contribution >= 0.6 is 0 Å². The molecule has 0 spiro atoms. The Kier molecular flexibility index (Phi) is 16.4. The van der Waals surface area contributed by atoms with Crippen molar-refractivity contribution >= 4 is 63.7 Å². The summed E-state index contributed by atoms with van der Waals surface area (Å²) >= 11 is 0. The lowest BCUT2D eigenvalue weighted by Gasteiger charge is -2.23. The highest BCUT2D eigenvalue weighted by atomic mass is 16.3. The molecule has 2 saturated carbocycles. The number of amides is 4. The van der Waals surface area contributed by atoms with Crippen molar-refractivity contribution < 1.29 is 55.2 Å². The van der Waals surface area contributed by atoms with Gasteiger partial charge in [-0.1, -0.05) is 60.7 Å². The second kappa shape index (κ2) is 23.7. The number of nitrogens with zero attached hydrogens (tertiary/aromatic N) is 10. The smallest absolute Gasteiger partial charge is 0.315 e. The Hall–Kier alpha value is -7.37. The predicted octanol–water partition coefficient (Wildman–Crippen LogP) is -2.56. The van der Waals surface area contributed by atoms with E-state index in [1.165, 1.54) is 12.7 Å². The molecule has 416 valence electrons. The molecule has 12 atom stereocenters. The molecule has 14 N–H and O–H groups in total. The molecule has 0 unspecified atom stereocenters. The van der Waals surface area contributed by atoms with E-state index in [2.05, 4.69) is 41.9 Å². The Balaban J connectivity index is 0.844. The Morgan fingerprint density at radius 1 is 0.551 bits per heavy atom. The fraction of sp³-hybridized carbons (Fsp3) is 0.510. The van der Waals surface area contributed by atoms with Gasteiger partial charge in [0.1, 0.15) is 37.6 Å². The normalized spacial score (nSPS) is 25.8. The summed E-state index contributed by atoms with van der Waals surface area (Å²) in [6.45, 7) is -0.463. The Morgan fingerprint density at radius 3 is 1.35 bits per heavy atom. The van der Waals surface area contributed by atoms with Crippen LogP contribution < -0.4 is 41.7 Å². The molecule has 2 aromatic carbocycles. The lowest BCUT2D eigenvalue weighted by molar-refractivity contribution is -0.126. The standard InChI is InChI=1S/C51H66N16O11/c68-21-31(15-27-7-3-1-4-8-27)54-45-39-47(66(25-52-39)35-17-33(41(74)43(35)76)58-37(72)23-70)62-49(60-45)64-13-11-29(19-64)56-51(78)57-30-12-14-65(20-30)50-61-46(55-32(22-69)16-28-9-5-2-6-10-28)40-48(63-50)67(26-53-40)36-18-34(42(75)44(36)77)59-38(73)24-71/h1-10,25-26,29-36,41-44,68-71,74-77H,11-24H2,(H,58,72)(H,59,73)(H,54,60,62)(H,55,61,63)(H2,56,57,78)/t29-,30-,31+,32+,33+,34+,35-,36-,41-,42-,43+,44+/m1/s1. The average molecular weight is 1080 g/mol. The number of hydrogen-bond donors (Lipinski definition) is 14. The van der Waals surface area contributed by atoms with Crippen LogP contribution in [0.5, 0.6) is 0 Å². The molecule has 2 aliphatic heterocycles. The first-order valence-electron chi connectivity index (χ1n) is 26.2. The van der Waals surface area contributed by atoms with Gasteiger partial charge in [0.15, 0.2) is 34.0 Å². The lowest BCUT2D eigenvalue weighted by Crippen LogP contribution is -2.48. The first kappa shape index (κ1) is 54.0. The van der Waals surface area contributed by atoms with E-state index in [9.17, 15) is 55.2 Å². The summed E-state index contributed by atoms with van der Waals surface area (Å²) in [5.74, 6) is -0.149. The molecule has 4 aliphatic rings. The number of aromatic nitrogens is 8. The topological polar surface area (TPSA) is 379 Å². The van der Waals surface area contributed by atoms with Gasteiger partial charge in [0.25, 0.3) is 0 Å². The van der Waals surface area contributed by atoms with Crippen molar-refractivity contribution in [3.05, 3.63) is 84.4 Å². The fourth-order valence-corrected chi connectivity index (χ4v) is 11.2. The third kappa shape index (κ3) is 11.6. The third-order valence-electron chi connectivity index (χ3n) is 15.2. The SMILES string of the molecule is O=C(CO)N[C@H]1C[C@@H](n2cnc3c(N[C@H](CO)Cc4ccccc4)nc(N4CC[C@@H](NC(=O)N[C@@H]5CCN(c6nc(N[C@H](CO)Cc7ccccc7)c7ncn([C@@H]8C[C@H](NC(=O)CO)[C@@H](O)[C@H]8O)c7n6)C5)C4)nc32)[C@H](O)[C@@H]1O. The van der Waals surface area contributed by atoms with Gasteiger partial charge in [-0.05, 0) is 49.7 Å². The van der Waals surface area contributed by atoms with Crippen LogP contribution in [0.15, 0.2) is 73.3 Å². The second-order valence-corrected chi connectivity index (χ2v) is 20.5. The molecule has 27 heteroatoms. The Labute approximate surface area is 446 Å². The summed E-state index contributed by atoms with van der Waals surface area (Å²) in [6, 6.07) is 14.0. The van der Waals surface area contributed by atoms with Crippen LogP contribution in [0.4, 0.5) is 28.3 Å². The summed E-state index contributed by atoms with van der Waals surface area (Å²) < 4.78 is 3.27. The number of nitrogens with one attached hydrogen (secondary N) is 6. The van der Waals surface area contributed by atoms with Crippen molar-refractivity contribution in [2.24, 2.45) is 0 Å². The molecule has 4 fully saturated rings. The average Bonchev–Trinajstić information content (AvgIpc) is 4.54. The van der Waals surface area contributed by atoms with E-state index in [1.54, 1.807) is 9.13 Å². The van der Waals surface area contributed by atoms with E-state index in [4.69, 9.17) is 19.9 Å². The molecule has 0 radical (unpaired) electrons. The van der Waals surface area contributed by atoms with Gasteiger partial charge in [-0.2, -0.15) is 19.9 Å². The van der Waals surface area contributed by atoms with Crippen molar-refractivity contribution in [2.45, 2.75) is 111 Å². The van der Waals surface area contributed by atoms with Crippen LogP contribution in [0.3, 0.4) is 0 Å². The zero-order chi connectivity index (χ0) is 54.6. The number of aliphatic hydroxyl groups is 8. The number of imidazole rings is 2. The number of urea groups is 1. The van der Waals surface area contributed by atoms with Crippen LogP contribution in [-0.2, 0) is 22.4 Å². The zero-order valence-electron chi connectivity index (χ0n) is 42.5. The summed E-state index contributed by atoms with van der Waals surface area (Å²) in [5.41, 5.74) is 3.31. The van der Waals surface area contributed by atoms with E-state index < -0.39 is 91.7 Å². The minimum Gasteiger partial charge on any atom is -0.394 e. The molecular formula is C51H66N16O11. The van der Waals surface area contributed by atoms with Crippen LogP contribution in [-0.4, -0.2) is 211 Å². The maximum atomic E-state index is 13.8. The number of benzene rings is 2. The van der Waals surface area contributed by atoms with Crippen LogP contribution in [0.1, 0.15) is 48.9 Å². The van der Waals surface area contributed by atoms with Crippen molar-refractivity contribution in [3.63, 3.8) is 0 Å². The van der Waals surface area contributed by atoms with Crippen molar-refractivity contribution in [1.82, 2.24) is 60.3 Å². The van der Waals surface area contributed by atoms with Crippen LogP contribution in [0.2, 0.25) is 0 Å². The van der Waals surface area contributed by atoms with E-state index in [0.29, 0.717) is 97.7 Å². The summed E-state index contributed by atoms with van der Waals surface area (Å²) in [7, 11) is 0. The number of anilines is 4. The molecule has 6 heterocycles. The Bertz CT molecular complexity index is 2850. The molecule has 4 amide bonds. The largest absolute Gasteiger partial charge is 0.394 e. The molecule has 2 aliphatic carbocycles. The van der Waals surface area contributed by atoms with Gasteiger partial charge < -0.3 is 91.7 Å². The first-order valence-corrected chi connectivity index (χ1v) is 26.2. The van der Waals surface area contributed by atoms with Crippen molar-refractivity contribution in [2.75, 3.05) is 73.0 Å². The number of rotatable bonds is 20. The monoisotopic (exact) mass is 1080 g/mol.